The zero-order valence-electron chi connectivity index (χ0n) is 7.58. The standard InChI is InChI=1S/C6H5F9O2/c7-4(8,9)2(16)1-3(17,5(10,11)12)6(13,14)15/h2,16-17H,1H2. The quantitative estimate of drug-likeness (QED) is 0.761. The Morgan fingerprint density at radius 2 is 1.06 bits per heavy atom. The van der Waals surface area contributed by atoms with Crippen LogP contribution in [0, 0.1) is 0 Å². The van der Waals surface area contributed by atoms with E-state index in [1.807, 2.05) is 0 Å². The Morgan fingerprint density at radius 1 is 0.765 bits per heavy atom. The van der Waals surface area contributed by atoms with Gasteiger partial charge in [-0.25, -0.2) is 0 Å². The van der Waals surface area contributed by atoms with Crippen LogP contribution < -0.4 is 0 Å². The fourth-order valence-corrected chi connectivity index (χ4v) is 0.788. The SMILES string of the molecule is OC(CC(O)(C(F)(F)F)C(F)(F)F)C(F)(F)F. The fraction of sp³-hybridized carbons (Fsp3) is 1.00. The van der Waals surface area contributed by atoms with Gasteiger partial charge in [-0.05, 0) is 0 Å². The first-order valence-electron chi connectivity index (χ1n) is 3.73. The number of halogens is 9. The Balaban J connectivity index is 5.27. The molecule has 0 aromatic carbocycles. The van der Waals surface area contributed by atoms with Gasteiger partial charge in [-0.3, -0.25) is 0 Å². The van der Waals surface area contributed by atoms with E-state index in [0.29, 0.717) is 0 Å². The maximum Gasteiger partial charge on any atom is 0.426 e. The van der Waals surface area contributed by atoms with Gasteiger partial charge in [0.25, 0.3) is 5.60 Å². The van der Waals surface area contributed by atoms with E-state index >= 15 is 0 Å². The molecule has 11 heteroatoms. The summed E-state index contributed by atoms with van der Waals surface area (Å²) in [4.78, 5) is 0. The summed E-state index contributed by atoms with van der Waals surface area (Å²) in [5.74, 6) is 0. The molecule has 104 valence electrons. The second kappa shape index (κ2) is 4.19. The third kappa shape index (κ3) is 3.37. The summed E-state index contributed by atoms with van der Waals surface area (Å²) in [5.41, 5.74) is -5.62. The van der Waals surface area contributed by atoms with Gasteiger partial charge in [0.15, 0.2) is 6.10 Å². The van der Waals surface area contributed by atoms with Gasteiger partial charge in [-0.15, -0.1) is 0 Å². The lowest BCUT2D eigenvalue weighted by atomic mass is 9.94. The Kier molecular flexibility index (Phi) is 4.02. The van der Waals surface area contributed by atoms with Crippen LogP contribution in [0.3, 0.4) is 0 Å². The van der Waals surface area contributed by atoms with E-state index in [0.717, 1.165) is 0 Å². The Hall–Kier alpha value is -0.710. The first-order chi connectivity index (χ1) is 7.13. The monoisotopic (exact) mass is 280 g/mol. The lowest BCUT2D eigenvalue weighted by Gasteiger charge is -2.34. The second-order valence-electron chi connectivity index (χ2n) is 3.12. The van der Waals surface area contributed by atoms with E-state index in [1.54, 1.807) is 0 Å². The van der Waals surface area contributed by atoms with Crippen molar-refractivity contribution in [3.05, 3.63) is 0 Å². The van der Waals surface area contributed by atoms with Crippen LogP contribution >= 0.6 is 0 Å². The van der Waals surface area contributed by atoms with Crippen molar-refractivity contribution in [1.29, 1.82) is 0 Å². The van der Waals surface area contributed by atoms with Gasteiger partial charge < -0.3 is 10.2 Å². The highest BCUT2D eigenvalue weighted by molar-refractivity contribution is 4.96. The number of aliphatic hydroxyl groups is 2. The average molecular weight is 280 g/mol. The van der Waals surface area contributed by atoms with Crippen LogP contribution in [0.5, 0.6) is 0 Å². The molecular formula is C6H5F9O2. The number of hydrogen-bond acceptors (Lipinski definition) is 2. The molecule has 0 fully saturated rings. The molecule has 2 nitrogen and oxygen atoms in total. The first-order valence-corrected chi connectivity index (χ1v) is 3.73. The van der Waals surface area contributed by atoms with Crippen molar-refractivity contribution in [2.24, 2.45) is 0 Å². The van der Waals surface area contributed by atoms with E-state index in [4.69, 9.17) is 10.2 Å². The molecule has 0 saturated carbocycles. The van der Waals surface area contributed by atoms with Crippen LogP contribution in [0.1, 0.15) is 6.42 Å². The van der Waals surface area contributed by atoms with Gasteiger partial charge in [0.2, 0.25) is 0 Å². The van der Waals surface area contributed by atoms with Crippen LogP contribution in [0.15, 0.2) is 0 Å². The summed E-state index contributed by atoms with van der Waals surface area (Å²) < 4.78 is 106. The van der Waals surface area contributed by atoms with E-state index in [2.05, 4.69) is 0 Å². The van der Waals surface area contributed by atoms with E-state index in [-0.39, 0.29) is 0 Å². The summed E-state index contributed by atoms with van der Waals surface area (Å²) in [5, 5.41) is 16.5. The first kappa shape index (κ1) is 16.3. The van der Waals surface area contributed by atoms with Crippen molar-refractivity contribution in [2.45, 2.75) is 36.7 Å². The van der Waals surface area contributed by atoms with Crippen molar-refractivity contribution in [2.75, 3.05) is 0 Å². The largest absolute Gasteiger partial charge is 0.426 e. The summed E-state index contributed by atoms with van der Waals surface area (Å²) in [6, 6.07) is 0. The fourth-order valence-electron chi connectivity index (χ4n) is 0.788. The molecule has 0 rings (SSSR count). The number of aliphatic hydroxyl groups excluding tert-OH is 1. The third-order valence-electron chi connectivity index (χ3n) is 1.80. The average Bonchev–Trinajstić information content (AvgIpc) is 1.97. The molecule has 0 radical (unpaired) electrons. The summed E-state index contributed by atoms with van der Waals surface area (Å²) in [6.45, 7) is 0. The van der Waals surface area contributed by atoms with E-state index in [9.17, 15) is 39.5 Å². The number of hydrogen-bond donors (Lipinski definition) is 2. The van der Waals surface area contributed by atoms with E-state index in [1.165, 1.54) is 0 Å². The van der Waals surface area contributed by atoms with Crippen molar-refractivity contribution in [1.82, 2.24) is 0 Å². The van der Waals surface area contributed by atoms with E-state index < -0.39 is 36.7 Å². The van der Waals surface area contributed by atoms with Gasteiger partial charge in [-0.2, -0.15) is 39.5 Å². The number of alkyl halides is 9. The Morgan fingerprint density at radius 3 is 1.24 bits per heavy atom. The highest BCUT2D eigenvalue weighted by Crippen LogP contribution is 2.47. The van der Waals surface area contributed by atoms with Gasteiger partial charge in [0, 0.05) is 6.42 Å². The molecule has 0 aliphatic rings. The maximum absolute atomic E-state index is 11.9. The van der Waals surface area contributed by atoms with Crippen LogP contribution in [-0.2, 0) is 0 Å². The molecule has 0 aromatic rings. The predicted molar refractivity (Wildman–Crippen MR) is 33.7 cm³/mol. The molecular weight excluding hydrogens is 275 g/mol. The molecule has 0 aliphatic heterocycles. The molecule has 0 aliphatic carbocycles. The van der Waals surface area contributed by atoms with Crippen molar-refractivity contribution < 1.29 is 49.7 Å². The molecule has 0 spiro atoms. The molecule has 0 aromatic heterocycles. The lowest BCUT2D eigenvalue weighted by molar-refractivity contribution is -0.380. The molecule has 0 heterocycles. The van der Waals surface area contributed by atoms with Gasteiger partial charge in [0.1, 0.15) is 0 Å². The molecule has 0 amide bonds. The maximum atomic E-state index is 11.9. The Labute approximate surface area is 87.6 Å². The van der Waals surface area contributed by atoms with Crippen molar-refractivity contribution >= 4 is 0 Å². The molecule has 0 saturated heterocycles. The normalized spacial score (nSPS) is 17.1. The lowest BCUT2D eigenvalue weighted by Crippen LogP contribution is -2.59. The van der Waals surface area contributed by atoms with Crippen molar-refractivity contribution in [3.8, 4) is 0 Å². The van der Waals surface area contributed by atoms with Crippen LogP contribution in [0.2, 0.25) is 0 Å². The van der Waals surface area contributed by atoms with Crippen LogP contribution in [-0.4, -0.2) is 40.4 Å². The van der Waals surface area contributed by atoms with Gasteiger partial charge >= 0.3 is 18.5 Å². The molecule has 1 unspecified atom stereocenters. The second-order valence-corrected chi connectivity index (χ2v) is 3.12. The number of rotatable bonds is 2. The minimum atomic E-state index is -6.39. The summed E-state index contributed by atoms with van der Waals surface area (Å²) in [7, 11) is 0. The minimum Gasteiger partial charge on any atom is -0.384 e. The Bertz CT molecular complexity index is 248. The zero-order chi connectivity index (χ0) is 14.3. The molecule has 1 atom stereocenters. The highest BCUT2D eigenvalue weighted by atomic mass is 19.4. The predicted octanol–water partition coefficient (Wildman–Crippen LogP) is 2.16. The topological polar surface area (TPSA) is 40.5 Å². The van der Waals surface area contributed by atoms with Crippen molar-refractivity contribution in [3.63, 3.8) is 0 Å². The molecule has 0 bridgehead atoms. The van der Waals surface area contributed by atoms with Crippen LogP contribution in [0.25, 0.3) is 0 Å². The zero-order valence-corrected chi connectivity index (χ0v) is 7.58. The molecule has 17 heavy (non-hydrogen) atoms. The highest BCUT2D eigenvalue weighted by Gasteiger charge is 2.71. The van der Waals surface area contributed by atoms with Crippen LogP contribution in [0.4, 0.5) is 39.5 Å². The van der Waals surface area contributed by atoms with Gasteiger partial charge in [-0.1, -0.05) is 0 Å². The minimum absolute atomic E-state index is 2.97. The molecule has 2 N–H and O–H groups in total. The third-order valence-corrected chi connectivity index (χ3v) is 1.80. The summed E-state index contributed by atoms with van der Waals surface area (Å²) >= 11 is 0. The van der Waals surface area contributed by atoms with Gasteiger partial charge in [0.05, 0.1) is 0 Å². The summed E-state index contributed by atoms with van der Waals surface area (Å²) in [6.07, 6.45) is -25.4. The smallest absolute Gasteiger partial charge is 0.384 e.